The van der Waals surface area contributed by atoms with Gasteiger partial charge in [0.15, 0.2) is 5.82 Å². The van der Waals surface area contributed by atoms with Gasteiger partial charge in [0.25, 0.3) is 5.91 Å². The van der Waals surface area contributed by atoms with E-state index in [4.69, 9.17) is 4.74 Å². The fourth-order valence-electron chi connectivity index (χ4n) is 5.02. The van der Waals surface area contributed by atoms with Crippen LogP contribution >= 0.6 is 0 Å². The maximum atomic E-state index is 12.4. The van der Waals surface area contributed by atoms with Gasteiger partial charge in [-0.05, 0) is 55.8 Å². The van der Waals surface area contributed by atoms with E-state index in [9.17, 15) is 15.0 Å². The zero-order chi connectivity index (χ0) is 28.7. The summed E-state index contributed by atoms with van der Waals surface area (Å²) in [5.74, 6) is 0.528. The number of aliphatic hydroxyl groups is 2. The van der Waals surface area contributed by atoms with Crippen molar-refractivity contribution in [3.63, 3.8) is 0 Å². The monoisotopic (exact) mass is 554 g/mol. The van der Waals surface area contributed by atoms with E-state index in [0.717, 1.165) is 45.0 Å². The Bertz CT molecular complexity index is 1800. The van der Waals surface area contributed by atoms with Crippen LogP contribution in [0.4, 0.5) is 17.2 Å². The fourth-order valence-corrected chi connectivity index (χ4v) is 5.02. The zero-order valence-electron chi connectivity index (χ0n) is 22.9. The van der Waals surface area contributed by atoms with Gasteiger partial charge in [0.1, 0.15) is 29.1 Å². The number of ether oxygens (including phenoxy) is 1. The summed E-state index contributed by atoms with van der Waals surface area (Å²) in [5.41, 5.74) is 5.45. The normalized spacial score (nSPS) is 14.4. The minimum absolute atomic E-state index is 0.385. The van der Waals surface area contributed by atoms with Crippen LogP contribution in [0.3, 0.4) is 0 Å². The number of nitrogens with one attached hydrogen (secondary N) is 1. The Hall–Kier alpha value is -5.26. The summed E-state index contributed by atoms with van der Waals surface area (Å²) in [5, 5.41) is 27.1. The molecule has 6 rings (SSSR count). The molecule has 1 aliphatic rings. The van der Waals surface area contributed by atoms with E-state index < -0.39 is 11.7 Å². The first-order valence-corrected chi connectivity index (χ1v) is 13.2. The van der Waals surface area contributed by atoms with E-state index in [1.807, 2.05) is 67.2 Å². The molecule has 0 radical (unpaired) electrons. The van der Waals surface area contributed by atoms with E-state index in [1.54, 1.807) is 10.8 Å². The minimum Gasteiger partial charge on any atom is -0.509 e. The fraction of sp³-hybridized carbons (Fsp3) is 0.241. The molecular formula is C29H30N8O4. The molecule has 0 aliphatic carbocycles. The number of allylic oxidation sites excluding steroid dienone is 1. The molecule has 12 nitrogen and oxygen atoms in total. The first-order valence-electron chi connectivity index (χ1n) is 13.2. The molecule has 12 heteroatoms. The topological polar surface area (TPSA) is 133 Å². The predicted molar refractivity (Wildman–Crippen MR) is 155 cm³/mol. The average Bonchev–Trinajstić information content (AvgIpc) is 3.58. The highest BCUT2D eigenvalue weighted by molar-refractivity contribution is 5.92. The third-order valence-electron chi connectivity index (χ3n) is 7.25. The number of benzene rings is 2. The number of rotatable bonds is 6. The zero-order valence-corrected chi connectivity index (χ0v) is 22.9. The summed E-state index contributed by atoms with van der Waals surface area (Å²) in [7, 11) is 1.96. The third kappa shape index (κ3) is 4.95. The maximum absolute atomic E-state index is 12.4. The highest BCUT2D eigenvalue weighted by Gasteiger charge is 2.26. The smallest absolute Gasteiger partial charge is 0.292 e. The largest absolute Gasteiger partial charge is 0.509 e. The Morgan fingerprint density at radius 3 is 2.59 bits per heavy atom. The van der Waals surface area contributed by atoms with E-state index in [2.05, 4.69) is 25.3 Å². The standard InChI is InChI=1S/C29H30N8O4/c1-18-14-20(4-7-25(18)41-21-5-6-23-22(15-21)31-17-34(23)3)33-28-26-24(8-9-37(26)32-16-30-28)35-10-12-36(13-11-35)29(40)27(39)19(2)38/h4-9,14-17,38-39H,10-13H2,1-3H3,(H,30,32,33)/b27-19-. The van der Waals surface area contributed by atoms with Gasteiger partial charge in [0.05, 0.1) is 23.0 Å². The van der Waals surface area contributed by atoms with Crippen molar-refractivity contribution < 1.29 is 19.7 Å². The van der Waals surface area contributed by atoms with Crippen LogP contribution in [0.2, 0.25) is 0 Å². The van der Waals surface area contributed by atoms with Crippen molar-refractivity contribution in [2.75, 3.05) is 36.4 Å². The van der Waals surface area contributed by atoms with Crippen LogP contribution < -0.4 is 15.0 Å². The number of hydrogen-bond acceptors (Lipinski definition) is 9. The number of carbonyl (C=O) groups is 1. The lowest BCUT2D eigenvalue weighted by Crippen LogP contribution is -2.49. The number of anilines is 3. The Morgan fingerprint density at radius 2 is 1.83 bits per heavy atom. The highest BCUT2D eigenvalue weighted by Crippen LogP contribution is 2.33. The van der Waals surface area contributed by atoms with Gasteiger partial charge in [0, 0.05) is 51.2 Å². The first kappa shape index (κ1) is 26.0. The van der Waals surface area contributed by atoms with Crippen LogP contribution in [-0.2, 0) is 11.8 Å². The van der Waals surface area contributed by atoms with Gasteiger partial charge in [-0.3, -0.25) is 4.79 Å². The number of aliphatic hydroxyl groups excluding tert-OH is 2. The quantitative estimate of drug-likeness (QED) is 0.206. The van der Waals surface area contributed by atoms with E-state index >= 15 is 0 Å². The Morgan fingerprint density at radius 1 is 1.02 bits per heavy atom. The molecule has 0 atom stereocenters. The van der Waals surface area contributed by atoms with Crippen LogP contribution in [0.15, 0.2) is 72.8 Å². The summed E-state index contributed by atoms with van der Waals surface area (Å²) in [6.07, 6.45) is 5.16. The Labute approximate surface area is 235 Å². The predicted octanol–water partition coefficient (Wildman–Crippen LogP) is 4.46. The molecule has 0 bridgehead atoms. The van der Waals surface area contributed by atoms with Crippen LogP contribution in [0.1, 0.15) is 12.5 Å². The molecular weight excluding hydrogens is 524 g/mol. The van der Waals surface area contributed by atoms with E-state index in [1.165, 1.54) is 18.2 Å². The van der Waals surface area contributed by atoms with Gasteiger partial charge in [-0.15, -0.1) is 0 Å². The number of imidazole rings is 1. The molecule has 1 aliphatic heterocycles. The van der Waals surface area contributed by atoms with Gasteiger partial charge in [-0.1, -0.05) is 0 Å². The first-order chi connectivity index (χ1) is 19.8. The summed E-state index contributed by atoms with van der Waals surface area (Å²) >= 11 is 0. The number of amides is 1. The van der Waals surface area contributed by atoms with Crippen molar-refractivity contribution in [3.8, 4) is 11.5 Å². The van der Waals surface area contributed by atoms with Crippen molar-refractivity contribution in [2.45, 2.75) is 13.8 Å². The average molecular weight is 555 g/mol. The Kier molecular flexibility index (Phi) is 6.58. The maximum Gasteiger partial charge on any atom is 0.292 e. The van der Waals surface area contributed by atoms with Crippen molar-refractivity contribution in [1.82, 2.24) is 29.0 Å². The summed E-state index contributed by atoms with van der Waals surface area (Å²) in [6, 6.07) is 13.7. The van der Waals surface area contributed by atoms with Gasteiger partial charge in [-0.25, -0.2) is 14.5 Å². The summed E-state index contributed by atoms with van der Waals surface area (Å²) in [4.78, 5) is 25.0. The second-order valence-corrected chi connectivity index (χ2v) is 10.0. The molecule has 0 saturated carbocycles. The third-order valence-corrected chi connectivity index (χ3v) is 7.25. The molecule has 5 aromatic rings. The van der Waals surface area contributed by atoms with E-state index in [0.29, 0.717) is 32.0 Å². The number of aryl methyl sites for hydroxylation is 2. The molecule has 1 amide bonds. The van der Waals surface area contributed by atoms with E-state index in [-0.39, 0.29) is 5.76 Å². The van der Waals surface area contributed by atoms with Crippen LogP contribution in [0.25, 0.3) is 16.6 Å². The molecule has 0 unspecified atom stereocenters. The molecule has 1 fully saturated rings. The molecule has 1 saturated heterocycles. The number of hydrogen-bond donors (Lipinski definition) is 3. The van der Waals surface area contributed by atoms with Gasteiger partial charge < -0.3 is 34.6 Å². The number of nitrogens with zero attached hydrogens (tertiary/aromatic N) is 7. The van der Waals surface area contributed by atoms with Crippen molar-refractivity contribution in [3.05, 3.63) is 78.4 Å². The molecule has 4 heterocycles. The summed E-state index contributed by atoms with van der Waals surface area (Å²) < 4.78 is 9.90. The molecule has 0 spiro atoms. The van der Waals surface area contributed by atoms with Gasteiger partial charge in [0.2, 0.25) is 5.76 Å². The lowest BCUT2D eigenvalue weighted by molar-refractivity contribution is -0.130. The molecule has 3 N–H and O–H groups in total. The van der Waals surface area contributed by atoms with Crippen LogP contribution in [0, 0.1) is 6.92 Å². The number of carbonyl (C=O) groups excluding carboxylic acids is 1. The molecule has 41 heavy (non-hydrogen) atoms. The van der Waals surface area contributed by atoms with Crippen molar-refractivity contribution in [2.24, 2.45) is 7.05 Å². The van der Waals surface area contributed by atoms with Crippen LogP contribution in [0.5, 0.6) is 11.5 Å². The second kappa shape index (κ2) is 10.4. The molecule has 3 aromatic heterocycles. The number of piperazine rings is 1. The number of fused-ring (bicyclic) bond motifs is 2. The summed E-state index contributed by atoms with van der Waals surface area (Å²) in [6.45, 7) is 5.18. The van der Waals surface area contributed by atoms with Crippen molar-refractivity contribution >= 4 is 39.6 Å². The lowest BCUT2D eigenvalue weighted by atomic mass is 10.2. The van der Waals surface area contributed by atoms with Crippen molar-refractivity contribution in [1.29, 1.82) is 0 Å². The second-order valence-electron chi connectivity index (χ2n) is 10.0. The SMILES string of the molecule is C/C(O)=C(/O)C(=O)N1CCN(c2ccn3ncnc(Nc4ccc(Oc5ccc6c(c5)ncn6C)c(C)c4)c23)CC1. The Balaban J connectivity index is 1.20. The molecule has 210 valence electrons. The minimum atomic E-state index is -0.617. The lowest BCUT2D eigenvalue weighted by Gasteiger charge is -2.35. The highest BCUT2D eigenvalue weighted by atomic mass is 16.5. The molecule has 2 aromatic carbocycles. The van der Waals surface area contributed by atoms with Gasteiger partial charge in [-0.2, -0.15) is 5.10 Å². The number of aromatic nitrogens is 5. The van der Waals surface area contributed by atoms with Crippen LogP contribution in [-0.4, -0.2) is 71.3 Å². The van der Waals surface area contributed by atoms with Gasteiger partial charge >= 0.3 is 0 Å².